The number of carbonyl (C=O) groups is 3. The van der Waals surface area contributed by atoms with Gasteiger partial charge in [0.15, 0.2) is 6.10 Å². The highest BCUT2D eigenvalue weighted by Gasteiger charge is 2.19. The second kappa shape index (κ2) is 61.7. The first-order valence-electron chi connectivity index (χ1n) is 31.8. The minimum Gasteiger partial charge on any atom is -0.462 e. The Hall–Kier alpha value is -2.89. The maximum atomic E-state index is 12.9. The van der Waals surface area contributed by atoms with Crippen LogP contribution < -0.4 is 0 Å². The number of ether oxygens (including phenoxy) is 3. The third-order valence-electron chi connectivity index (χ3n) is 14.0. The number of hydrogen-bond donors (Lipinski definition) is 0. The fourth-order valence-electron chi connectivity index (χ4n) is 9.21. The van der Waals surface area contributed by atoms with Crippen LogP contribution in [0.1, 0.15) is 329 Å². The van der Waals surface area contributed by atoms with Crippen LogP contribution in [0.5, 0.6) is 0 Å². The normalized spacial score (nSPS) is 12.4. The summed E-state index contributed by atoms with van der Waals surface area (Å²) in [6.45, 7) is 6.54. The molecular formula is C67H120O6. The molecular weight excluding hydrogens is 901 g/mol. The summed E-state index contributed by atoms with van der Waals surface area (Å²) in [4.78, 5) is 38.3. The quantitative estimate of drug-likeness (QED) is 0.0261. The number of allylic oxidation sites excluding steroid dienone is 10. The molecule has 1 atom stereocenters. The van der Waals surface area contributed by atoms with E-state index in [2.05, 4.69) is 81.5 Å². The fraction of sp³-hybridized carbons (Fsp3) is 0.806. The van der Waals surface area contributed by atoms with Crippen LogP contribution in [-0.2, 0) is 28.6 Å². The van der Waals surface area contributed by atoms with Crippen molar-refractivity contribution in [3.8, 4) is 0 Å². The average Bonchev–Trinajstić information content (AvgIpc) is 3.39. The molecule has 0 saturated carbocycles. The first kappa shape index (κ1) is 70.1. The van der Waals surface area contributed by atoms with Gasteiger partial charge < -0.3 is 14.2 Å². The highest BCUT2D eigenvalue weighted by molar-refractivity contribution is 5.71. The van der Waals surface area contributed by atoms with Gasteiger partial charge >= 0.3 is 17.9 Å². The molecule has 0 radical (unpaired) electrons. The molecule has 0 bridgehead atoms. The maximum absolute atomic E-state index is 12.9. The molecule has 0 aromatic carbocycles. The van der Waals surface area contributed by atoms with Gasteiger partial charge in [-0.15, -0.1) is 0 Å². The molecule has 0 rings (SSSR count). The van der Waals surface area contributed by atoms with E-state index in [1.807, 2.05) is 0 Å². The van der Waals surface area contributed by atoms with Crippen molar-refractivity contribution in [2.24, 2.45) is 0 Å². The van der Waals surface area contributed by atoms with Crippen LogP contribution in [0.4, 0.5) is 0 Å². The SMILES string of the molecule is CC/C=C\C/C=C\C/C=C\CCCCCCCC(=O)OC(COC(=O)CCCCCCC/C=C\CCCCCCCC)COC(=O)CCCCCCCCCCCCCCC/C=C\CCCCCCCCCC. The summed E-state index contributed by atoms with van der Waals surface area (Å²) >= 11 is 0. The van der Waals surface area contributed by atoms with Gasteiger partial charge in [0.05, 0.1) is 0 Å². The Morgan fingerprint density at radius 3 is 0.849 bits per heavy atom. The molecule has 424 valence electrons. The zero-order valence-electron chi connectivity index (χ0n) is 48.7. The predicted molar refractivity (Wildman–Crippen MR) is 316 cm³/mol. The van der Waals surface area contributed by atoms with Gasteiger partial charge in [-0.3, -0.25) is 14.4 Å². The van der Waals surface area contributed by atoms with Crippen LogP contribution in [0.15, 0.2) is 60.8 Å². The second-order valence-corrected chi connectivity index (χ2v) is 21.3. The maximum Gasteiger partial charge on any atom is 0.306 e. The molecule has 73 heavy (non-hydrogen) atoms. The van der Waals surface area contributed by atoms with Crippen molar-refractivity contribution in [2.45, 2.75) is 335 Å². The molecule has 0 spiro atoms. The van der Waals surface area contributed by atoms with Gasteiger partial charge in [0.1, 0.15) is 13.2 Å². The first-order chi connectivity index (χ1) is 36.0. The van der Waals surface area contributed by atoms with E-state index in [0.29, 0.717) is 19.3 Å². The lowest BCUT2D eigenvalue weighted by Crippen LogP contribution is -2.30. The molecule has 0 saturated heterocycles. The zero-order valence-corrected chi connectivity index (χ0v) is 48.7. The summed E-state index contributed by atoms with van der Waals surface area (Å²) in [5.41, 5.74) is 0. The topological polar surface area (TPSA) is 78.9 Å². The molecule has 0 aromatic rings. The summed E-state index contributed by atoms with van der Waals surface area (Å²) in [6.07, 6.45) is 78.0. The summed E-state index contributed by atoms with van der Waals surface area (Å²) in [5, 5.41) is 0. The van der Waals surface area contributed by atoms with Gasteiger partial charge in [0.2, 0.25) is 0 Å². The third kappa shape index (κ3) is 59.9. The van der Waals surface area contributed by atoms with Crippen LogP contribution in [-0.4, -0.2) is 37.2 Å². The van der Waals surface area contributed by atoms with E-state index < -0.39 is 6.10 Å². The largest absolute Gasteiger partial charge is 0.462 e. The lowest BCUT2D eigenvalue weighted by Gasteiger charge is -2.18. The molecule has 0 heterocycles. The molecule has 0 aliphatic carbocycles. The van der Waals surface area contributed by atoms with Gasteiger partial charge in [-0.2, -0.15) is 0 Å². The molecule has 6 nitrogen and oxygen atoms in total. The lowest BCUT2D eigenvalue weighted by molar-refractivity contribution is -0.167. The van der Waals surface area contributed by atoms with E-state index in [9.17, 15) is 14.4 Å². The summed E-state index contributed by atoms with van der Waals surface area (Å²) in [7, 11) is 0. The fourth-order valence-corrected chi connectivity index (χ4v) is 9.21. The number of rotatable bonds is 58. The average molecular weight is 1020 g/mol. The molecule has 0 N–H and O–H groups in total. The monoisotopic (exact) mass is 1020 g/mol. The molecule has 6 heteroatoms. The van der Waals surface area contributed by atoms with Crippen LogP contribution in [0.3, 0.4) is 0 Å². The minimum absolute atomic E-state index is 0.0821. The van der Waals surface area contributed by atoms with Gasteiger partial charge in [-0.05, 0) is 103 Å². The van der Waals surface area contributed by atoms with Crippen molar-refractivity contribution >= 4 is 17.9 Å². The summed E-state index contributed by atoms with van der Waals surface area (Å²) in [6, 6.07) is 0. The van der Waals surface area contributed by atoms with Crippen molar-refractivity contribution in [1.29, 1.82) is 0 Å². The highest BCUT2D eigenvalue weighted by Crippen LogP contribution is 2.17. The highest BCUT2D eigenvalue weighted by atomic mass is 16.6. The molecule has 0 amide bonds. The predicted octanol–water partition coefficient (Wildman–Crippen LogP) is 21.6. The van der Waals surface area contributed by atoms with Crippen molar-refractivity contribution in [3.63, 3.8) is 0 Å². The van der Waals surface area contributed by atoms with Gasteiger partial charge in [0, 0.05) is 19.3 Å². The van der Waals surface area contributed by atoms with Crippen molar-refractivity contribution in [2.75, 3.05) is 13.2 Å². The van der Waals surface area contributed by atoms with E-state index in [0.717, 1.165) is 103 Å². The smallest absolute Gasteiger partial charge is 0.306 e. The number of hydrogen-bond acceptors (Lipinski definition) is 6. The van der Waals surface area contributed by atoms with Gasteiger partial charge in [-0.25, -0.2) is 0 Å². The van der Waals surface area contributed by atoms with Crippen molar-refractivity contribution < 1.29 is 28.6 Å². The summed E-state index contributed by atoms with van der Waals surface area (Å²) in [5.74, 6) is -0.893. The number of esters is 3. The Labute approximate surface area is 453 Å². The third-order valence-corrected chi connectivity index (χ3v) is 14.0. The lowest BCUT2D eigenvalue weighted by atomic mass is 10.0. The Bertz CT molecular complexity index is 1310. The first-order valence-corrected chi connectivity index (χ1v) is 31.8. The van der Waals surface area contributed by atoms with E-state index in [1.165, 1.54) is 186 Å². The Kier molecular flexibility index (Phi) is 59.2. The van der Waals surface area contributed by atoms with Crippen LogP contribution in [0, 0.1) is 0 Å². The minimum atomic E-state index is -0.787. The van der Waals surface area contributed by atoms with E-state index >= 15 is 0 Å². The number of unbranched alkanes of at least 4 members (excludes halogenated alkanes) is 37. The van der Waals surface area contributed by atoms with Crippen molar-refractivity contribution in [3.05, 3.63) is 60.8 Å². The van der Waals surface area contributed by atoms with E-state index in [1.54, 1.807) is 0 Å². The molecule has 0 aliphatic rings. The van der Waals surface area contributed by atoms with Crippen LogP contribution in [0.2, 0.25) is 0 Å². The van der Waals surface area contributed by atoms with E-state index in [4.69, 9.17) is 14.2 Å². The second-order valence-electron chi connectivity index (χ2n) is 21.3. The standard InChI is InChI=1S/C67H120O6/c1-4-7-10-13-16-19-22-25-28-29-30-31-32-33-34-35-36-37-40-42-45-48-51-54-57-60-66(69)72-63-64(73-67(70)61-58-55-52-49-46-43-39-27-24-21-18-15-12-9-6-3)62-71-65(68)59-56-53-50-47-44-41-38-26-23-20-17-14-11-8-5-2/h9,12,18,21,26-27,29-30,38-39,64H,4-8,10-11,13-17,19-20,22-25,28,31-37,40-63H2,1-3H3/b12-9-,21-18-,30-29-,38-26-,39-27-. The van der Waals surface area contributed by atoms with E-state index in [-0.39, 0.29) is 31.1 Å². The van der Waals surface area contributed by atoms with Gasteiger partial charge in [0.25, 0.3) is 0 Å². The Morgan fingerprint density at radius 1 is 0.288 bits per heavy atom. The molecule has 0 aliphatic heterocycles. The molecule has 0 fully saturated rings. The summed E-state index contributed by atoms with van der Waals surface area (Å²) < 4.78 is 16.9. The Morgan fingerprint density at radius 2 is 0.534 bits per heavy atom. The molecule has 0 aromatic heterocycles. The van der Waals surface area contributed by atoms with Crippen LogP contribution in [0.25, 0.3) is 0 Å². The Balaban J connectivity index is 4.28. The number of carbonyl (C=O) groups excluding carboxylic acids is 3. The van der Waals surface area contributed by atoms with Crippen molar-refractivity contribution in [1.82, 2.24) is 0 Å². The van der Waals surface area contributed by atoms with Crippen LogP contribution >= 0.6 is 0 Å². The molecule has 1 unspecified atom stereocenters. The van der Waals surface area contributed by atoms with Gasteiger partial charge in [-0.1, -0.05) is 268 Å². The zero-order chi connectivity index (χ0) is 52.9.